The molecule has 1 aliphatic rings. The van der Waals surface area contributed by atoms with Crippen molar-refractivity contribution in [1.29, 1.82) is 0 Å². The van der Waals surface area contributed by atoms with Crippen LogP contribution in [0, 0.1) is 5.92 Å². The van der Waals surface area contributed by atoms with E-state index in [1.807, 2.05) is 32.0 Å². The topological polar surface area (TPSA) is 66.5 Å². The number of nitrogens with zero attached hydrogens (tertiary/aromatic N) is 1. The molecule has 1 fully saturated rings. The third-order valence-electron chi connectivity index (χ3n) is 3.82. The van der Waals surface area contributed by atoms with E-state index in [1.165, 1.54) is 0 Å². The molecule has 1 saturated heterocycles. The smallest absolute Gasteiger partial charge is 0.317 e. The van der Waals surface area contributed by atoms with Crippen LogP contribution in [0.25, 0.3) is 0 Å². The molecule has 7 heteroatoms. The van der Waals surface area contributed by atoms with Gasteiger partial charge >= 0.3 is 6.03 Å². The summed E-state index contributed by atoms with van der Waals surface area (Å²) in [6, 6.07) is 6.98. The number of amides is 2. The largest absolute Gasteiger partial charge is 0.331 e. The molecule has 0 radical (unpaired) electrons. The van der Waals surface area contributed by atoms with Crippen LogP contribution in [-0.2, 0) is 9.84 Å². The summed E-state index contributed by atoms with van der Waals surface area (Å²) >= 11 is 6.23. The molecule has 0 aromatic heterocycles. The second kappa shape index (κ2) is 6.87. The zero-order valence-corrected chi connectivity index (χ0v) is 14.3. The summed E-state index contributed by atoms with van der Waals surface area (Å²) in [5.74, 6) is 0.218. The minimum atomic E-state index is -3.00. The third-order valence-corrected chi connectivity index (χ3v) is 5.77. The zero-order chi connectivity index (χ0) is 16.3. The van der Waals surface area contributed by atoms with E-state index < -0.39 is 9.84 Å². The summed E-state index contributed by atoms with van der Waals surface area (Å²) in [5.41, 5.74) is 0.872. The minimum Gasteiger partial charge on any atom is -0.331 e. The molecule has 1 heterocycles. The van der Waals surface area contributed by atoms with Gasteiger partial charge in [-0.2, -0.15) is 0 Å². The van der Waals surface area contributed by atoms with Gasteiger partial charge < -0.3 is 10.2 Å². The first-order valence-corrected chi connectivity index (χ1v) is 9.50. The number of sulfone groups is 1. The molecule has 0 saturated carbocycles. The lowest BCUT2D eigenvalue weighted by Crippen LogP contribution is -2.49. The van der Waals surface area contributed by atoms with E-state index in [0.717, 1.165) is 5.56 Å². The first-order chi connectivity index (χ1) is 10.3. The number of carbonyl (C=O) groups is 1. The highest BCUT2D eigenvalue weighted by molar-refractivity contribution is 7.91. The standard InChI is InChI=1S/C15H21ClN2O3S/c1-11(2)14(12-5-3-4-6-13(12)16)17-15(19)18-7-9-22(20,21)10-8-18/h3-6,11,14H,7-10H2,1-2H3,(H,17,19). The van der Waals surface area contributed by atoms with Gasteiger partial charge in [0.25, 0.3) is 0 Å². The maximum absolute atomic E-state index is 12.4. The third kappa shape index (κ3) is 4.14. The van der Waals surface area contributed by atoms with E-state index in [1.54, 1.807) is 11.0 Å². The predicted molar refractivity (Wildman–Crippen MR) is 87.8 cm³/mol. The van der Waals surface area contributed by atoms with E-state index >= 15 is 0 Å². The molecule has 0 spiro atoms. The summed E-state index contributed by atoms with van der Waals surface area (Å²) in [6.45, 7) is 4.49. The lowest BCUT2D eigenvalue weighted by molar-refractivity contribution is 0.194. The summed E-state index contributed by atoms with van der Waals surface area (Å²) in [7, 11) is -3.00. The highest BCUT2D eigenvalue weighted by Crippen LogP contribution is 2.28. The molecule has 5 nitrogen and oxygen atoms in total. The van der Waals surface area contributed by atoms with E-state index in [0.29, 0.717) is 5.02 Å². The molecule has 2 amide bonds. The fraction of sp³-hybridized carbons (Fsp3) is 0.533. The molecule has 0 bridgehead atoms. The lowest BCUT2D eigenvalue weighted by Gasteiger charge is -2.31. The second-order valence-corrected chi connectivity index (χ2v) is 8.54. The average Bonchev–Trinajstić information content (AvgIpc) is 2.45. The van der Waals surface area contributed by atoms with Crippen molar-refractivity contribution in [3.8, 4) is 0 Å². The van der Waals surface area contributed by atoms with E-state index in [-0.39, 0.29) is 42.6 Å². The summed E-state index contributed by atoms with van der Waals surface area (Å²) in [4.78, 5) is 13.9. The molecule has 122 valence electrons. The van der Waals surface area contributed by atoms with Gasteiger partial charge in [0.1, 0.15) is 0 Å². The number of halogens is 1. The van der Waals surface area contributed by atoms with Crippen LogP contribution in [-0.4, -0.2) is 43.9 Å². The summed E-state index contributed by atoms with van der Waals surface area (Å²) in [5, 5.41) is 3.59. The Hall–Kier alpha value is -1.27. The monoisotopic (exact) mass is 344 g/mol. The Balaban J connectivity index is 2.09. The van der Waals surface area contributed by atoms with Crippen molar-refractivity contribution in [2.45, 2.75) is 19.9 Å². The van der Waals surface area contributed by atoms with E-state index in [2.05, 4.69) is 5.32 Å². The van der Waals surface area contributed by atoms with Gasteiger partial charge in [-0.15, -0.1) is 0 Å². The number of hydrogen-bond donors (Lipinski definition) is 1. The van der Waals surface area contributed by atoms with E-state index in [4.69, 9.17) is 11.6 Å². The van der Waals surface area contributed by atoms with Gasteiger partial charge in [0.15, 0.2) is 9.84 Å². The molecule has 0 aliphatic carbocycles. The quantitative estimate of drug-likeness (QED) is 0.916. The fourth-order valence-corrected chi connectivity index (χ4v) is 3.93. The zero-order valence-electron chi connectivity index (χ0n) is 12.8. The van der Waals surface area contributed by atoms with Gasteiger partial charge in [-0.25, -0.2) is 13.2 Å². The molecule has 1 aliphatic heterocycles. The molecular formula is C15H21ClN2O3S. The maximum atomic E-state index is 12.4. The summed E-state index contributed by atoms with van der Waals surface area (Å²) in [6.07, 6.45) is 0. The van der Waals surface area contributed by atoms with Gasteiger partial charge in [-0.3, -0.25) is 0 Å². The van der Waals surface area contributed by atoms with Gasteiger partial charge in [0.2, 0.25) is 0 Å². The number of nitrogens with one attached hydrogen (secondary N) is 1. The molecule has 1 atom stereocenters. The average molecular weight is 345 g/mol. The van der Waals surface area contributed by atoms with Gasteiger partial charge in [-0.05, 0) is 17.5 Å². The Bertz CT molecular complexity index is 632. The van der Waals surface area contributed by atoms with Crippen molar-refractivity contribution in [3.05, 3.63) is 34.9 Å². The number of urea groups is 1. The highest BCUT2D eigenvalue weighted by atomic mass is 35.5. The molecule has 22 heavy (non-hydrogen) atoms. The SMILES string of the molecule is CC(C)C(NC(=O)N1CCS(=O)(=O)CC1)c1ccccc1Cl. The predicted octanol–water partition coefficient (Wildman–Crippen LogP) is 2.48. The Morgan fingerprint density at radius 3 is 2.36 bits per heavy atom. The van der Waals surface area contributed by atoms with Crippen LogP contribution in [0.4, 0.5) is 4.79 Å². The Labute approximate surface area is 136 Å². The Morgan fingerprint density at radius 2 is 1.82 bits per heavy atom. The first kappa shape index (κ1) is 17.1. The molecular weight excluding hydrogens is 324 g/mol. The van der Waals surface area contributed by atoms with Crippen molar-refractivity contribution in [3.63, 3.8) is 0 Å². The van der Waals surface area contributed by atoms with Crippen LogP contribution >= 0.6 is 11.6 Å². The fourth-order valence-electron chi connectivity index (χ4n) is 2.47. The van der Waals surface area contributed by atoms with Gasteiger partial charge in [0, 0.05) is 18.1 Å². The van der Waals surface area contributed by atoms with Crippen LogP contribution in [0.3, 0.4) is 0 Å². The van der Waals surface area contributed by atoms with Crippen LogP contribution < -0.4 is 5.32 Å². The van der Waals surface area contributed by atoms with Crippen molar-refractivity contribution in [1.82, 2.24) is 10.2 Å². The lowest BCUT2D eigenvalue weighted by atomic mass is 9.96. The van der Waals surface area contributed by atoms with E-state index in [9.17, 15) is 13.2 Å². The second-order valence-electron chi connectivity index (χ2n) is 5.83. The molecule has 1 N–H and O–H groups in total. The first-order valence-electron chi connectivity index (χ1n) is 7.30. The molecule has 2 rings (SSSR count). The maximum Gasteiger partial charge on any atom is 0.317 e. The number of benzene rings is 1. The Kier molecular flexibility index (Phi) is 5.34. The van der Waals surface area contributed by atoms with Crippen molar-refractivity contribution in [2.75, 3.05) is 24.6 Å². The minimum absolute atomic E-state index is 0.0266. The number of rotatable bonds is 3. The van der Waals surface area contributed by atoms with Crippen LogP contribution in [0.1, 0.15) is 25.5 Å². The highest BCUT2D eigenvalue weighted by Gasteiger charge is 2.28. The normalized spacial score (nSPS) is 19.0. The van der Waals surface area contributed by atoms with Gasteiger partial charge in [0.05, 0.1) is 17.5 Å². The molecule has 1 unspecified atom stereocenters. The van der Waals surface area contributed by atoms with Crippen LogP contribution in [0.5, 0.6) is 0 Å². The number of carbonyl (C=O) groups excluding carboxylic acids is 1. The Morgan fingerprint density at radius 1 is 1.23 bits per heavy atom. The van der Waals surface area contributed by atoms with Crippen molar-refractivity contribution >= 4 is 27.5 Å². The molecule has 1 aromatic carbocycles. The van der Waals surface area contributed by atoms with Gasteiger partial charge in [-0.1, -0.05) is 43.6 Å². The van der Waals surface area contributed by atoms with Crippen molar-refractivity contribution < 1.29 is 13.2 Å². The van der Waals surface area contributed by atoms with Crippen LogP contribution in [0.15, 0.2) is 24.3 Å². The number of hydrogen-bond acceptors (Lipinski definition) is 3. The summed E-state index contributed by atoms with van der Waals surface area (Å²) < 4.78 is 22.9. The van der Waals surface area contributed by atoms with Crippen LogP contribution in [0.2, 0.25) is 5.02 Å². The van der Waals surface area contributed by atoms with Crippen molar-refractivity contribution in [2.24, 2.45) is 5.92 Å². The molecule has 1 aromatic rings.